The van der Waals surface area contributed by atoms with Crippen LogP contribution in [0.4, 0.5) is 0 Å². The maximum atomic E-state index is 12.4. The van der Waals surface area contributed by atoms with Gasteiger partial charge < -0.3 is 9.84 Å². The van der Waals surface area contributed by atoms with Gasteiger partial charge in [-0.15, -0.1) is 0 Å². The zero-order chi connectivity index (χ0) is 20.3. The molecule has 2 aromatic rings. The van der Waals surface area contributed by atoms with Crippen LogP contribution < -0.4 is 5.32 Å². The number of carbonyl (C=O) groups is 1. The monoisotopic (exact) mass is 427 g/mol. The zero-order valence-electron chi connectivity index (χ0n) is 15.6. The van der Waals surface area contributed by atoms with Crippen LogP contribution in [-0.2, 0) is 21.5 Å². The van der Waals surface area contributed by atoms with Gasteiger partial charge in [0.25, 0.3) is 10.2 Å². The number of rotatable bonds is 6. The average molecular weight is 428 g/mol. The van der Waals surface area contributed by atoms with Crippen molar-refractivity contribution >= 4 is 27.7 Å². The Hall–Kier alpha value is -2.01. The number of nitrogens with zero attached hydrogens (tertiary/aromatic N) is 4. The maximum absolute atomic E-state index is 12.4. The smallest absolute Gasteiger partial charge is 0.281 e. The van der Waals surface area contributed by atoms with Gasteiger partial charge in [0.05, 0.1) is 6.54 Å². The first kappa shape index (κ1) is 20.7. The molecule has 0 bridgehead atoms. The average Bonchev–Trinajstić information content (AvgIpc) is 3.15. The van der Waals surface area contributed by atoms with Gasteiger partial charge in [-0.2, -0.15) is 22.0 Å². The first-order chi connectivity index (χ1) is 13.3. The number of benzene rings is 1. The third kappa shape index (κ3) is 4.69. The number of hydrogen-bond acceptors (Lipinski definition) is 6. The van der Waals surface area contributed by atoms with Crippen LogP contribution in [0.25, 0.3) is 11.4 Å². The van der Waals surface area contributed by atoms with Crippen LogP contribution in [-0.4, -0.2) is 60.3 Å². The van der Waals surface area contributed by atoms with E-state index in [1.165, 1.54) is 22.7 Å². The predicted octanol–water partition coefficient (Wildman–Crippen LogP) is 1.52. The fourth-order valence-corrected chi connectivity index (χ4v) is 4.19. The van der Waals surface area contributed by atoms with Crippen molar-refractivity contribution in [2.45, 2.75) is 19.4 Å². The fourth-order valence-electron chi connectivity index (χ4n) is 2.93. The number of hydrogen-bond donors (Lipinski definition) is 1. The van der Waals surface area contributed by atoms with Crippen molar-refractivity contribution in [1.29, 1.82) is 0 Å². The Balaban J connectivity index is 1.51. The Kier molecular flexibility index (Phi) is 6.33. The summed E-state index contributed by atoms with van der Waals surface area (Å²) in [5.41, 5.74) is 0.764. The molecule has 1 fully saturated rings. The second-order valence-electron chi connectivity index (χ2n) is 6.70. The minimum atomic E-state index is -3.44. The molecule has 11 heteroatoms. The van der Waals surface area contributed by atoms with E-state index in [1.807, 2.05) is 0 Å². The minimum Gasteiger partial charge on any atom is -0.347 e. The summed E-state index contributed by atoms with van der Waals surface area (Å²) >= 11 is 5.86. The Bertz CT molecular complexity index is 921. The first-order valence-electron chi connectivity index (χ1n) is 8.81. The molecule has 0 radical (unpaired) electrons. The molecule has 0 unspecified atom stereocenters. The standard InChI is InChI=1S/C17H22ClN5O4S/c1-22(2)28(25,26)23-9-7-13(8-10-23)17(24)19-11-15-20-16(21-27-15)12-3-5-14(18)6-4-12/h3-6,13H,7-11H2,1-2H3,(H,19,24). The van der Waals surface area contributed by atoms with Gasteiger partial charge in [-0.1, -0.05) is 16.8 Å². The number of amides is 1. The van der Waals surface area contributed by atoms with E-state index in [0.29, 0.717) is 42.7 Å². The van der Waals surface area contributed by atoms with E-state index in [4.69, 9.17) is 16.1 Å². The molecule has 1 saturated heterocycles. The van der Waals surface area contributed by atoms with Crippen LogP contribution in [0.2, 0.25) is 5.02 Å². The van der Waals surface area contributed by atoms with Crippen molar-refractivity contribution in [1.82, 2.24) is 24.1 Å². The molecule has 3 rings (SSSR count). The topological polar surface area (TPSA) is 109 Å². The number of carbonyl (C=O) groups excluding carboxylic acids is 1. The first-order valence-corrected chi connectivity index (χ1v) is 10.6. The van der Waals surface area contributed by atoms with E-state index in [9.17, 15) is 13.2 Å². The van der Waals surface area contributed by atoms with E-state index in [-0.39, 0.29) is 18.4 Å². The molecule has 0 spiro atoms. The Morgan fingerprint density at radius 3 is 2.54 bits per heavy atom. The molecule has 0 aliphatic carbocycles. The lowest BCUT2D eigenvalue weighted by molar-refractivity contribution is -0.126. The van der Waals surface area contributed by atoms with Gasteiger partial charge in [-0.3, -0.25) is 4.79 Å². The van der Waals surface area contributed by atoms with E-state index in [0.717, 1.165) is 5.56 Å². The maximum Gasteiger partial charge on any atom is 0.281 e. The van der Waals surface area contributed by atoms with Crippen molar-refractivity contribution in [3.05, 3.63) is 35.2 Å². The molecule has 28 heavy (non-hydrogen) atoms. The SMILES string of the molecule is CN(C)S(=O)(=O)N1CCC(C(=O)NCc2nc(-c3ccc(Cl)cc3)no2)CC1. The van der Waals surface area contributed by atoms with Crippen molar-refractivity contribution in [2.24, 2.45) is 5.92 Å². The lowest BCUT2D eigenvalue weighted by Gasteiger charge is -2.32. The third-order valence-electron chi connectivity index (χ3n) is 4.60. The van der Waals surface area contributed by atoms with Crippen molar-refractivity contribution in [3.63, 3.8) is 0 Å². The molecule has 9 nitrogen and oxygen atoms in total. The number of halogens is 1. The summed E-state index contributed by atoms with van der Waals surface area (Å²) in [7, 11) is -0.444. The summed E-state index contributed by atoms with van der Waals surface area (Å²) in [6, 6.07) is 7.03. The predicted molar refractivity (Wildman–Crippen MR) is 103 cm³/mol. The Morgan fingerprint density at radius 2 is 1.93 bits per heavy atom. The molecule has 1 aliphatic rings. The zero-order valence-corrected chi connectivity index (χ0v) is 17.2. The van der Waals surface area contributed by atoms with Gasteiger partial charge in [-0.05, 0) is 37.1 Å². The second-order valence-corrected chi connectivity index (χ2v) is 9.28. The van der Waals surface area contributed by atoms with Gasteiger partial charge >= 0.3 is 0 Å². The summed E-state index contributed by atoms with van der Waals surface area (Å²) in [5, 5.41) is 7.30. The number of piperidine rings is 1. The Morgan fingerprint density at radius 1 is 1.29 bits per heavy atom. The summed E-state index contributed by atoms with van der Waals surface area (Å²) in [6.45, 7) is 0.759. The highest BCUT2D eigenvalue weighted by atomic mass is 35.5. The van der Waals surface area contributed by atoms with Crippen molar-refractivity contribution in [2.75, 3.05) is 27.2 Å². The molecular weight excluding hydrogens is 406 g/mol. The van der Waals surface area contributed by atoms with Gasteiger partial charge in [0, 0.05) is 43.7 Å². The molecule has 1 aliphatic heterocycles. The van der Waals surface area contributed by atoms with Gasteiger partial charge in [0.2, 0.25) is 17.6 Å². The van der Waals surface area contributed by atoms with Crippen molar-refractivity contribution in [3.8, 4) is 11.4 Å². The van der Waals surface area contributed by atoms with Crippen LogP contribution in [0, 0.1) is 5.92 Å². The number of nitrogens with one attached hydrogen (secondary N) is 1. The lowest BCUT2D eigenvalue weighted by atomic mass is 9.97. The largest absolute Gasteiger partial charge is 0.347 e. The highest BCUT2D eigenvalue weighted by molar-refractivity contribution is 7.86. The minimum absolute atomic E-state index is 0.121. The second kappa shape index (κ2) is 8.56. The molecule has 1 aromatic carbocycles. The van der Waals surface area contributed by atoms with Crippen LogP contribution in [0.3, 0.4) is 0 Å². The highest BCUT2D eigenvalue weighted by Crippen LogP contribution is 2.21. The number of aromatic nitrogens is 2. The summed E-state index contributed by atoms with van der Waals surface area (Å²) < 4.78 is 32.0. The van der Waals surface area contributed by atoms with E-state index in [2.05, 4.69) is 15.5 Å². The van der Waals surface area contributed by atoms with Crippen LogP contribution in [0.15, 0.2) is 28.8 Å². The highest BCUT2D eigenvalue weighted by Gasteiger charge is 2.32. The Labute approximate surface area is 168 Å². The molecule has 1 N–H and O–H groups in total. The molecule has 1 amide bonds. The molecule has 0 saturated carbocycles. The van der Waals surface area contributed by atoms with E-state index in [1.54, 1.807) is 24.3 Å². The van der Waals surface area contributed by atoms with E-state index >= 15 is 0 Å². The normalized spacial score (nSPS) is 16.4. The molecule has 1 aromatic heterocycles. The third-order valence-corrected chi connectivity index (χ3v) is 6.79. The van der Waals surface area contributed by atoms with Gasteiger partial charge in [-0.25, -0.2) is 0 Å². The van der Waals surface area contributed by atoms with Crippen LogP contribution in [0.1, 0.15) is 18.7 Å². The van der Waals surface area contributed by atoms with Gasteiger partial charge in [0.1, 0.15) is 0 Å². The van der Waals surface area contributed by atoms with E-state index < -0.39 is 10.2 Å². The fraction of sp³-hybridized carbons (Fsp3) is 0.471. The molecule has 0 atom stereocenters. The van der Waals surface area contributed by atoms with Crippen LogP contribution in [0.5, 0.6) is 0 Å². The summed E-state index contributed by atoms with van der Waals surface area (Å²) in [6.07, 6.45) is 0.942. The molecule has 2 heterocycles. The summed E-state index contributed by atoms with van der Waals surface area (Å²) in [5.74, 6) is 0.328. The van der Waals surface area contributed by atoms with Crippen LogP contribution >= 0.6 is 11.6 Å². The molecule has 152 valence electrons. The lowest BCUT2D eigenvalue weighted by Crippen LogP contribution is -2.46. The van der Waals surface area contributed by atoms with Gasteiger partial charge in [0.15, 0.2) is 0 Å². The van der Waals surface area contributed by atoms with Crippen molar-refractivity contribution < 1.29 is 17.7 Å². The summed E-state index contributed by atoms with van der Waals surface area (Å²) in [4.78, 5) is 16.6. The quantitative estimate of drug-likeness (QED) is 0.748. The molecular formula is C17H22ClN5O4S.